The largest absolute Gasteiger partial charge is 0.490 e. The number of rotatable bonds is 9. The molecule has 1 saturated carbocycles. The minimum absolute atomic E-state index is 0.0498. The number of hydrogen-bond acceptors (Lipinski definition) is 4. The number of benzene rings is 1. The van der Waals surface area contributed by atoms with Gasteiger partial charge in [-0.3, -0.25) is 4.79 Å². The van der Waals surface area contributed by atoms with E-state index in [-0.39, 0.29) is 18.9 Å². The van der Waals surface area contributed by atoms with E-state index in [1.165, 1.54) is 20.0 Å². The molecule has 1 aromatic rings. The fourth-order valence-corrected chi connectivity index (χ4v) is 2.84. The zero-order valence-electron chi connectivity index (χ0n) is 14.0. The van der Waals surface area contributed by atoms with E-state index in [0.29, 0.717) is 12.5 Å². The normalized spacial score (nSPS) is 15.9. The molecule has 0 spiro atoms. The van der Waals surface area contributed by atoms with Crippen LogP contribution in [0.5, 0.6) is 5.75 Å². The summed E-state index contributed by atoms with van der Waals surface area (Å²) >= 11 is 0. The molecule has 0 radical (unpaired) electrons. The molecule has 1 amide bonds. The SMILES string of the molecule is COCC(NC(=O)CCc1cccc(OC2CCCC2)c1)C(=O)O. The van der Waals surface area contributed by atoms with Crippen molar-refractivity contribution in [2.24, 2.45) is 0 Å². The Kier molecular flexibility index (Phi) is 7.06. The second-order valence-corrected chi connectivity index (χ2v) is 6.09. The summed E-state index contributed by atoms with van der Waals surface area (Å²) in [4.78, 5) is 22.9. The lowest BCUT2D eigenvalue weighted by molar-refractivity contribution is -0.143. The summed E-state index contributed by atoms with van der Waals surface area (Å²) in [5.74, 6) is -0.568. The molecule has 0 aromatic heterocycles. The van der Waals surface area contributed by atoms with E-state index in [2.05, 4.69) is 5.32 Å². The molecule has 1 fully saturated rings. The summed E-state index contributed by atoms with van der Waals surface area (Å²) in [5, 5.41) is 11.5. The van der Waals surface area contributed by atoms with Crippen molar-refractivity contribution < 1.29 is 24.2 Å². The first-order valence-corrected chi connectivity index (χ1v) is 8.35. The molecule has 0 aliphatic heterocycles. The molecule has 0 heterocycles. The zero-order valence-corrected chi connectivity index (χ0v) is 14.0. The van der Waals surface area contributed by atoms with Crippen molar-refractivity contribution in [1.82, 2.24) is 5.32 Å². The van der Waals surface area contributed by atoms with Crippen molar-refractivity contribution >= 4 is 11.9 Å². The number of carboxylic acids is 1. The number of carbonyl (C=O) groups is 2. The van der Waals surface area contributed by atoms with E-state index in [1.54, 1.807) is 0 Å². The van der Waals surface area contributed by atoms with Gasteiger partial charge in [0, 0.05) is 13.5 Å². The number of hydrogen-bond donors (Lipinski definition) is 2. The Morgan fingerprint density at radius 1 is 1.33 bits per heavy atom. The number of carboxylic acid groups (broad SMARTS) is 1. The molecule has 0 bridgehead atoms. The van der Waals surface area contributed by atoms with E-state index in [1.807, 2.05) is 24.3 Å². The number of carbonyl (C=O) groups excluding carboxylic acids is 1. The predicted molar refractivity (Wildman–Crippen MR) is 89.1 cm³/mol. The minimum atomic E-state index is -1.10. The molecule has 132 valence electrons. The number of nitrogens with one attached hydrogen (secondary N) is 1. The van der Waals surface area contributed by atoms with Gasteiger partial charge in [0.15, 0.2) is 6.04 Å². The van der Waals surface area contributed by atoms with Crippen LogP contribution in [-0.4, -0.2) is 42.8 Å². The van der Waals surface area contributed by atoms with Crippen molar-refractivity contribution in [2.45, 2.75) is 50.7 Å². The van der Waals surface area contributed by atoms with Gasteiger partial charge in [0.1, 0.15) is 5.75 Å². The molecule has 6 nitrogen and oxygen atoms in total. The summed E-state index contributed by atoms with van der Waals surface area (Å²) in [7, 11) is 1.40. The molecule has 1 aliphatic rings. The van der Waals surface area contributed by atoms with E-state index in [0.717, 1.165) is 24.2 Å². The van der Waals surface area contributed by atoms with Gasteiger partial charge < -0.3 is 19.9 Å². The van der Waals surface area contributed by atoms with Crippen molar-refractivity contribution in [1.29, 1.82) is 0 Å². The van der Waals surface area contributed by atoms with Gasteiger partial charge in [-0.25, -0.2) is 4.79 Å². The minimum Gasteiger partial charge on any atom is -0.490 e. The maximum Gasteiger partial charge on any atom is 0.328 e. The van der Waals surface area contributed by atoms with Crippen LogP contribution in [0.15, 0.2) is 24.3 Å². The van der Waals surface area contributed by atoms with Crippen molar-refractivity contribution in [2.75, 3.05) is 13.7 Å². The molecule has 2 rings (SSSR count). The average Bonchev–Trinajstić information content (AvgIpc) is 3.06. The van der Waals surface area contributed by atoms with Crippen molar-refractivity contribution in [3.8, 4) is 5.75 Å². The first kappa shape index (κ1) is 18.3. The van der Waals surface area contributed by atoms with E-state index < -0.39 is 12.0 Å². The third-order valence-corrected chi connectivity index (χ3v) is 4.11. The van der Waals surface area contributed by atoms with E-state index >= 15 is 0 Å². The number of aryl methyl sites for hydroxylation is 1. The van der Waals surface area contributed by atoms with Crippen LogP contribution in [0.25, 0.3) is 0 Å². The van der Waals surface area contributed by atoms with Gasteiger partial charge >= 0.3 is 5.97 Å². The van der Waals surface area contributed by atoms with Gasteiger partial charge in [0.25, 0.3) is 0 Å². The lowest BCUT2D eigenvalue weighted by Gasteiger charge is -2.15. The Hall–Kier alpha value is -2.08. The number of ether oxygens (including phenoxy) is 2. The van der Waals surface area contributed by atoms with Crippen molar-refractivity contribution in [3.63, 3.8) is 0 Å². The quantitative estimate of drug-likeness (QED) is 0.722. The van der Waals surface area contributed by atoms with Crippen LogP contribution in [0.3, 0.4) is 0 Å². The van der Waals surface area contributed by atoms with Crippen LogP contribution in [-0.2, 0) is 20.7 Å². The van der Waals surface area contributed by atoms with E-state index in [4.69, 9.17) is 14.6 Å². The van der Waals surface area contributed by atoms with Crippen LogP contribution >= 0.6 is 0 Å². The molecule has 1 aromatic carbocycles. The monoisotopic (exact) mass is 335 g/mol. The second-order valence-electron chi connectivity index (χ2n) is 6.09. The van der Waals surface area contributed by atoms with Gasteiger partial charge in [0.2, 0.25) is 5.91 Å². The molecule has 6 heteroatoms. The fourth-order valence-electron chi connectivity index (χ4n) is 2.84. The van der Waals surface area contributed by atoms with Gasteiger partial charge in [-0.15, -0.1) is 0 Å². The molecule has 1 aliphatic carbocycles. The van der Waals surface area contributed by atoms with Gasteiger partial charge in [-0.1, -0.05) is 12.1 Å². The highest BCUT2D eigenvalue weighted by atomic mass is 16.5. The standard InChI is InChI=1S/C18H25NO5/c1-23-12-16(18(21)22)19-17(20)10-9-13-5-4-8-15(11-13)24-14-6-2-3-7-14/h4-5,8,11,14,16H,2-3,6-7,9-10,12H2,1H3,(H,19,20)(H,21,22). The lowest BCUT2D eigenvalue weighted by atomic mass is 10.1. The van der Waals surface area contributed by atoms with Crippen molar-refractivity contribution in [3.05, 3.63) is 29.8 Å². The summed E-state index contributed by atoms with van der Waals surface area (Å²) in [6.07, 6.45) is 5.70. The Bertz CT molecular complexity index is 554. The predicted octanol–water partition coefficient (Wildman–Crippen LogP) is 2.16. The van der Waals surface area contributed by atoms with Crippen LogP contribution < -0.4 is 10.1 Å². The molecule has 24 heavy (non-hydrogen) atoms. The Balaban J connectivity index is 1.82. The van der Waals surface area contributed by atoms with Gasteiger partial charge in [-0.2, -0.15) is 0 Å². The smallest absolute Gasteiger partial charge is 0.328 e. The molecular weight excluding hydrogens is 310 g/mol. The Labute approximate surface area is 142 Å². The Morgan fingerprint density at radius 3 is 2.75 bits per heavy atom. The molecule has 1 atom stereocenters. The summed E-state index contributed by atoms with van der Waals surface area (Å²) in [5.41, 5.74) is 0.999. The first-order valence-electron chi connectivity index (χ1n) is 8.35. The Morgan fingerprint density at radius 2 is 2.08 bits per heavy atom. The third-order valence-electron chi connectivity index (χ3n) is 4.11. The van der Waals surface area contributed by atoms with Crippen LogP contribution in [0.1, 0.15) is 37.7 Å². The maximum absolute atomic E-state index is 11.9. The average molecular weight is 335 g/mol. The molecule has 1 unspecified atom stereocenters. The third kappa shape index (κ3) is 5.85. The van der Waals surface area contributed by atoms with Crippen LogP contribution in [0, 0.1) is 0 Å². The molecular formula is C18H25NO5. The fraction of sp³-hybridized carbons (Fsp3) is 0.556. The summed E-state index contributed by atoms with van der Waals surface area (Å²) in [6, 6.07) is 6.73. The number of methoxy groups -OCH3 is 1. The van der Waals surface area contributed by atoms with E-state index in [9.17, 15) is 9.59 Å². The molecule has 0 saturated heterocycles. The highest BCUT2D eigenvalue weighted by molar-refractivity contribution is 5.83. The first-order chi connectivity index (χ1) is 11.6. The topological polar surface area (TPSA) is 84.9 Å². The van der Waals surface area contributed by atoms with Crippen LogP contribution in [0.2, 0.25) is 0 Å². The zero-order chi connectivity index (χ0) is 17.4. The number of amides is 1. The van der Waals surface area contributed by atoms with Gasteiger partial charge in [-0.05, 0) is 49.8 Å². The highest BCUT2D eigenvalue weighted by Gasteiger charge is 2.19. The lowest BCUT2D eigenvalue weighted by Crippen LogP contribution is -2.43. The van der Waals surface area contributed by atoms with Gasteiger partial charge in [0.05, 0.1) is 12.7 Å². The summed E-state index contributed by atoms with van der Waals surface area (Å²) in [6.45, 7) is -0.0498. The molecule has 2 N–H and O–H groups in total. The summed E-state index contributed by atoms with van der Waals surface area (Å²) < 4.78 is 10.8. The second kappa shape index (κ2) is 9.27. The van der Waals surface area contributed by atoms with Crippen LogP contribution in [0.4, 0.5) is 0 Å². The highest BCUT2D eigenvalue weighted by Crippen LogP contribution is 2.24. The number of aliphatic carboxylic acids is 1. The maximum atomic E-state index is 11.9.